The van der Waals surface area contributed by atoms with Gasteiger partial charge in [0.2, 0.25) is 0 Å². The van der Waals surface area contributed by atoms with E-state index in [9.17, 15) is 14.4 Å². The molecule has 144 valence electrons. The number of ether oxygens (including phenoxy) is 1. The summed E-state index contributed by atoms with van der Waals surface area (Å²) in [4.78, 5) is 35.9. The fourth-order valence-corrected chi connectivity index (χ4v) is 2.76. The molecule has 27 heavy (non-hydrogen) atoms. The van der Waals surface area contributed by atoms with Crippen molar-refractivity contribution in [3.05, 3.63) is 52.8 Å². The number of carbonyl (C=O) groups is 3. The zero-order valence-corrected chi connectivity index (χ0v) is 16.3. The van der Waals surface area contributed by atoms with Crippen LogP contribution in [0.15, 0.2) is 30.3 Å². The molecule has 1 heterocycles. The first-order chi connectivity index (χ1) is 12.7. The maximum atomic E-state index is 12.5. The van der Waals surface area contributed by atoms with Crippen LogP contribution in [0.4, 0.5) is 4.79 Å². The van der Waals surface area contributed by atoms with Gasteiger partial charge < -0.3 is 14.6 Å². The normalized spacial score (nSPS) is 11.6. The van der Waals surface area contributed by atoms with E-state index in [1.54, 1.807) is 13.0 Å². The summed E-state index contributed by atoms with van der Waals surface area (Å²) >= 11 is 0. The van der Waals surface area contributed by atoms with Crippen molar-refractivity contribution in [3.8, 4) is 5.69 Å². The zero-order valence-electron chi connectivity index (χ0n) is 16.3. The molecule has 2 aromatic rings. The van der Waals surface area contributed by atoms with Crippen molar-refractivity contribution >= 4 is 17.9 Å². The molecule has 3 amide bonds. The van der Waals surface area contributed by atoms with Gasteiger partial charge in [0.1, 0.15) is 0 Å². The van der Waals surface area contributed by atoms with Crippen LogP contribution in [0.2, 0.25) is 0 Å². The summed E-state index contributed by atoms with van der Waals surface area (Å²) in [7, 11) is 0. The highest BCUT2D eigenvalue weighted by Crippen LogP contribution is 2.22. The van der Waals surface area contributed by atoms with Gasteiger partial charge in [0.25, 0.3) is 5.91 Å². The highest BCUT2D eigenvalue weighted by Gasteiger charge is 2.24. The quantitative estimate of drug-likeness (QED) is 0.791. The van der Waals surface area contributed by atoms with Crippen molar-refractivity contribution in [2.45, 2.75) is 40.7 Å². The molecule has 0 saturated heterocycles. The van der Waals surface area contributed by atoms with Crippen LogP contribution in [-0.4, -0.2) is 35.1 Å². The van der Waals surface area contributed by atoms with Gasteiger partial charge in [0.05, 0.1) is 5.56 Å². The van der Waals surface area contributed by atoms with Crippen molar-refractivity contribution in [1.82, 2.24) is 15.2 Å². The van der Waals surface area contributed by atoms with Crippen molar-refractivity contribution in [3.63, 3.8) is 0 Å². The number of esters is 1. The molecular weight excluding hydrogens is 346 g/mol. The summed E-state index contributed by atoms with van der Waals surface area (Å²) in [6.07, 6.45) is -1.09. The minimum atomic E-state index is -1.09. The first-order valence-corrected chi connectivity index (χ1v) is 8.80. The van der Waals surface area contributed by atoms with Crippen molar-refractivity contribution in [2.75, 3.05) is 6.54 Å². The average molecular weight is 371 g/mol. The molecule has 1 aromatic heterocycles. The Morgan fingerprint density at radius 2 is 1.74 bits per heavy atom. The number of imide groups is 1. The summed E-state index contributed by atoms with van der Waals surface area (Å²) in [6.45, 7) is 9.27. The van der Waals surface area contributed by atoms with Gasteiger partial charge in [-0.05, 0) is 52.8 Å². The predicted octanol–water partition coefficient (Wildman–Crippen LogP) is 2.79. The van der Waals surface area contributed by atoms with Crippen LogP contribution < -0.4 is 10.6 Å². The fourth-order valence-electron chi connectivity index (χ4n) is 2.76. The molecule has 7 heteroatoms. The molecule has 0 aliphatic rings. The number of hydrogen-bond acceptors (Lipinski definition) is 4. The van der Waals surface area contributed by atoms with Gasteiger partial charge in [0, 0.05) is 23.6 Å². The summed E-state index contributed by atoms with van der Waals surface area (Å²) in [5.41, 5.74) is 4.07. The number of aromatic nitrogens is 1. The number of nitrogens with zero attached hydrogens (tertiary/aromatic N) is 1. The van der Waals surface area contributed by atoms with Crippen LogP contribution in [0.25, 0.3) is 5.69 Å². The molecule has 1 aromatic carbocycles. The summed E-state index contributed by atoms with van der Waals surface area (Å²) < 4.78 is 7.19. The Kier molecular flexibility index (Phi) is 6.39. The standard InChI is InChI=1S/C20H25N3O4/c1-6-21-20(26)22-18(24)15(5)27-19(25)17-11-13(3)23(14(17)4)16-9-7-12(2)8-10-16/h7-11,15H,6H2,1-5H3,(H2,21,22,24,26). The maximum Gasteiger partial charge on any atom is 0.340 e. The number of carbonyl (C=O) groups excluding carboxylic acids is 3. The first-order valence-electron chi connectivity index (χ1n) is 8.80. The van der Waals surface area contributed by atoms with Gasteiger partial charge in [-0.3, -0.25) is 10.1 Å². The number of amides is 3. The van der Waals surface area contributed by atoms with Gasteiger partial charge >= 0.3 is 12.0 Å². The maximum absolute atomic E-state index is 12.5. The number of hydrogen-bond donors (Lipinski definition) is 2. The molecule has 1 unspecified atom stereocenters. The molecule has 0 fully saturated rings. The highest BCUT2D eigenvalue weighted by molar-refractivity contribution is 5.98. The van der Waals surface area contributed by atoms with E-state index in [-0.39, 0.29) is 0 Å². The topological polar surface area (TPSA) is 89.4 Å². The van der Waals surface area contributed by atoms with Gasteiger partial charge in [-0.25, -0.2) is 9.59 Å². The molecule has 7 nitrogen and oxygen atoms in total. The number of aryl methyl sites for hydroxylation is 2. The second-order valence-electron chi connectivity index (χ2n) is 6.35. The molecule has 2 rings (SSSR count). The largest absolute Gasteiger partial charge is 0.449 e. The lowest BCUT2D eigenvalue weighted by Gasteiger charge is -2.13. The van der Waals surface area contributed by atoms with E-state index < -0.39 is 24.0 Å². The molecule has 0 aliphatic carbocycles. The van der Waals surface area contributed by atoms with Crippen molar-refractivity contribution in [1.29, 1.82) is 0 Å². The molecule has 1 atom stereocenters. The van der Waals surface area contributed by atoms with Gasteiger partial charge in [0.15, 0.2) is 6.10 Å². The molecule has 0 bridgehead atoms. The molecule has 0 saturated carbocycles. The lowest BCUT2D eigenvalue weighted by Crippen LogP contribution is -2.44. The third kappa shape index (κ3) is 4.75. The predicted molar refractivity (Wildman–Crippen MR) is 102 cm³/mol. The van der Waals surface area contributed by atoms with Gasteiger partial charge in [-0.15, -0.1) is 0 Å². The second kappa shape index (κ2) is 8.53. The lowest BCUT2D eigenvalue weighted by molar-refractivity contribution is -0.127. The Labute approximate surface area is 158 Å². The van der Waals surface area contributed by atoms with E-state index in [1.165, 1.54) is 6.92 Å². The minimum Gasteiger partial charge on any atom is -0.449 e. The zero-order chi connectivity index (χ0) is 20.1. The first kappa shape index (κ1) is 20.2. The van der Waals surface area contributed by atoms with E-state index in [1.807, 2.05) is 49.6 Å². The van der Waals surface area contributed by atoms with Gasteiger partial charge in [-0.1, -0.05) is 17.7 Å². The van der Waals surface area contributed by atoms with E-state index in [0.717, 1.165) is 22.6 Å². The molecule has 0 radical (unpaired) electrons. The van der Waals surface area contributed by atoms with Crippen LogP contribution in [0.5, 0.6) is 0 Å². The monoisotopic (exact) mass is 371 g/mol. The van der Waals surface area contributed by atoms with Crippen LogP contribution >= 0.6 is 0 Å². The number of rotatable bonds is 5. The number of nitrogens with one attached hydrogen (secondary N) is 2. The van der Waals surface area contributed by atoms with Crippen molar-refractivity contribution < 1.29 is 19.1 Å². The second-order valence-corrected chi connectivity index (χ2v) is 6.35. The smallest absolute Gasteiger partial charge is 0.340 e. The van der Waals surface area contributed by atoms with E-state index in [4.69, 9.17) is 4.74 Å². The van der Waals surface area contributed by atoms with E-state index >= 15 is 0 Å². The SMILES string of the molecule is CCNC(=O)NC(=O)C(C)OC(=O)c1cc(C)n(-c2ccc(C)cc2)c1C. The molecule has 0 aliphatic heterocycles. The van der Waals surface area contributed by atoms with E-state index in [0.29, 0.717) is 12.1 Å². The third-order valence-corrected chi connectivity index (χ3v) is 4.17. The average Bonchev–Trinajstić information content (AvgIpc) is 2.90. The minimum absolute atomic E-state index is 0.380. The Hall–Kier alpha value is -3.09. The van der Waals surface area contributed by atoms with Crippen LogP contribution in [0.1, 0.15) is 41.2 Å². The Morgan fingerprint density at radius 3 is 2.33 bits per heavy atom. The molecular formula is C20H25N3O4. The Morgan fingerprint density at radius 1 is 1.11 bits per heavy atom. The summed E-state index contributed by atoms with van der Waals surface area (Å²) in [5, 5.41) is 4.57. The highest BCUT2D eigenvalue weighted by atomic mass is 16.5. The Balaban J connectivity index is 2.15. The van der Waals surface area contributed by atoms with Crippen LogP contribution in [0.3, 0.4) is 0 Å². The van der Waals surface area contributed by atoms with Crippen LogP contribution in [0, 0.1) is 20.8 Å². The molecule has 2 N–H and O–H groups in total. The van der Waals surface area contributed by atoms with Crippen molar-refractivity contribution in [2.24, 2.45) is 0 Å². The Bertz CT molecular complexity index is 853. The molecule has 0 spiro atoms. The lowest BCUT2D eigenvalue weighted by atomic mass is 10.2. The van der Waals surface area contributed by atoms with Gasteiger partial charge in [-0.2, -0.15) is 0 Å². The third-order valence-electron chi connectivity index (χ3n) is 4.17. The number of benzene rings is 1. The summed E-state index contributed by atoms with van der Waals surface area (Å²) in [5.74, 6) is -1.29. The van der Waals surface area contributed by atoms with Crippen LogP contribution in [-0.2, 0) is 9.53 Å². The fraction of sp³-hybridized carbons (Fsp3) is 0.350. The van der Waals surface area contributed by atoms with E-state index in [2.05, 4.69) is 10.6 Å². The number of urea groups is 1. The summed E-state index contributed by atoms with van der Waals surface area (Å²) in [6, 6.07) is 9.06.